The third-order valence-corrected chi connectivity index (χ3v) is 3.71. The van der Waals surface area contributed by atoms with Crippen LogP contribution in [0.4, 0.5) is 5.82 Å². The van der Waals surface area contributed by atoms with E-state index >= 15 is 0 Å². The molecule has 0 spiro atoms. The molecule has 0 fully saturated rings. The Morgan fingerprint density at radius 1 is 1.26 bits per heavy atom. The van der Waals surface area contributed by atoms with Crippen molar-refractivity contribution in [2.45, 2.75) is 13.3 Å². The van der Waals surface area contributed by atoms with Crippen LogP contribution in [-0.2, 0) is 6.42 Å². The maximum atomic E-state index is 5.88. The van der Waals surface area contributed by atoms with Crippen LogP contribution < -0.4 is 4.90 Å². The molecule has 0 aliphatic heterocycles. The molecule has 19 heavy (non-hydrogen) atoms. The second kappa shape index (κ2) is 6.40. The van der Waals surface area contributed by atoms with Crippen LogP contribution in [-0.4, -0.2) is 18.6 Å². The highest BCUT2D eigenvalue weighted by atomic mass is 79.9. The largest absolute Gasteiger partial charge is 0.359 e. The monoisotopic (exact) mass is 338 g/mol. The van der Waals surface area contributed by atoms with Gasteiger partial charge in [-0.2, -0.15) is 0 Å². The summed E-state index contributed by atoms with van der Waals surface area (Å²) in [5.74, 6) is 1.03. The number of pyridine rings is 1. The molecule has 2 aromatic rings. The van der Waals surface area contributed by atoms with E-state index in [4.69, 9.17) is 11.6 Å². The normalized spacial score (nSPS) is 10.5. The third-order valence-electron chi connectivity index (χ3n) is 3.03. The average Bonchev–Trinajstić information content (AvgIpc) is 2.37. The molecule has 0 bridgehead atoms. The van der Waals surface area contributed by atoms with Crippen LogP contribution in [0.25, 0.3) is 0 Å². The SMILES string of the molecule is Cc1cc(Br)cnc1N(C)CCc1ccc(Cl)cc1. The number of rotatable bonds is 4. The number of benzene rings is 1. The summed E-state index contributed by atoms with van der Waals surface area (Å²) in [7, 11) is 2.07. The lowest BCUT2D eigenvalue weighted by Crippen LogP contribution is -2.22. The van der Waals surface area contributed by atoms with Crippen LogP contribution in [0.1, 0.15) is 11.1 Å². The van der Waals surface area contributed by atoms with Gasteiger partial charge in [0, 0.05) is 29.3 Å². The van der Waals surface area contributed by atoms with Crippen LogP contribution in [0.5, 0.6) is 0 Å². The molecule has 0 amide bonds. The van der Waals surface area contributed by atoms with Crippen molar-refractivity contribution in [1.82, 2.24) is 4.98 Å². The molecule has 1 aromatic heterocycles. The molecule has 2 nitrogen and oxygen atoms in total. The number of anilines is 1. The van der Waals surface area contributed by atoms with Crippen molar-refractivity contribution in [2.75, 3.05) is 18.5 Å². The van der Waals surface area contributed by atoms with Gasteiger partial charge >= 0.3 is 0 Å². The average molecular weight is 340 g/mol. The maximum Gasteiger partial charge on any atom is 0.131 e. The van der Waals surface area contributed by atoms with E-state index < -0.39 is 0 Å². The fourth-order valence-corrected chi connectivity index (χ4v) is 2.56. The molecular weight excluding hydrogens is 324 g/mol. The summed E-state index contributed by atoms with van der Waals surface area (Å²) in [4.78, 5) is 6.64. The van der Waals surface area contributed by atoms with Gasteiger partial charge in [-0.1, -0.05) is 23.7 Å². The van der Waals surface area contributed by atoms with Gasteiger partial charge < -0.3 is 4.90 Å². The van der Waals surface area contributed by atoms with Crippen LogP contribution in [0.15, 0.2) is 41.0 Å². The molecule has 0 N–H and O–H groups in total. The van der Waals surface area contributed by atoms with Gasteiger partial charge in [-0.25, -0.2) is 4.98 Å². The van der Waals surface area contributed by atoms with Gasteiger partial charge in [0.1, 0.15) is 5.82 Å². The lowest BCUT2D eigenvalue weighted by atomic mass is 10.1. The Labute approximate surface area is 127 Å². The van der Waals surface area contributed by atoms with Gasteiger partial charge in [0.05, 0.1) is 0 Å². The highest BCUT2D eigenvalue weighted by Crippen LogP contribution is 2.20. The van der Waals surface area contributed by atoms with Crippen molar-refractivity contribution < 1.29 is 0 Å². The smallest absolute Gasteiger partial charge is 0.131 e. The van der Waals surface area contributed by atoms with Crippen LogP contribution >= 0.6 is 27.5 Å². The minimum absolute atomic E-state index is 0.780. The molecule has 1 aromatic carbocycles. The second-order valence-electron chi connectivity index (χ2n) is 4.59. The molecule has 0 aliphatic rings. The summed E-state index contributed by atoms with van der Waals surface area (Å²) >= 11 is 9.32. The number of hydrogen-bond acceptors (Lipinski definition) is 2. The molecule has 2 rings (SSSR count). The molecule has 4 heteroatoms. The Balaban J connectivity index is 2.01. The number of aryl methyl sites for hydroxylation is 1. The number of likely N-dealkylation sites (N-methyl/N-ethyl adjacent to an activating group) is 1. The zero-order valence-corrected chi connectivity index (χ0v) is 13.4. The van der Waals surface area contributed by atoms with E-state index in [1.165, 1.54) is 11.1 Å². The van der Waals surface area contributed by atoms with Gasteiger partial charge in [0.2, 0.25) is 0 Å². The second-order valence-corrected chi connectivity index (χ2v) is 5.94. The van der Waals surface area contributed by atoms with Gasteiger partial charge in [-0.3, -0.25) is 0 Å². The summed E-state index contributed by atoms with van der Waals surface area (Å²) in [6.07, 6.45) is 2.81. The Morgan fingerprint density at radius 2 is 1.95 bits per heavy atom. The lowest BCUT2D eigenvalue weighted by molar-refractivity contribution is 0.854. The summed E-state index contributed by atoms with van der Waals surface area (Å²) in [5, 5.41) is 0.780. The van der Waals surface area contributed by atoms with E-state index in [-0.39, 0.29) is 0 Å². The van der Waals surface area contributed by atoms with E-state index in [0.717, 1.165) is 28.3 Å². The number of aromatic nitrogens is 1. The fourth-order valence-electron chi connectivity index (χ4n) is 1.99. The quantitative estimate of drug-likeness (QED) is 0.816. The van der Waals surface area contributed by atoms with E-state index in [1.807, 2.05) is 18.3 Å². The van der Waals surface area contributed by atoms with Crippen LogP contribution in [0, 0.1) is 6.92 Å². The molecule has 100 valence electrons. The van der Waals surface area contributed by atoms with Crippen LogP contribution in [0.3, 0.4) is 0 Å². The summed E-state index contributed by atoms with van der Waals surface area (Å²) < 4.78 is 1.01. The number of halogens is 2. The molecule has 0 saturated heterocycles. The molecule has 1 heterocycles. The summed E-state index contributed by atoms with van der Waals surface area (Å²) in [6.45, 7) is 3.00. The summed E-state index contributed by atoms with van der Waals surface area (Å²) in [6, 6.07) is 10.1. The van der Waals surface area contributed by atoms with E-state index in [1.54, 1.807) is 0 Å². The minimum atomic E-state index is 0.780. The molecule has 0 unspecified atom stereocenters. The zero-order valence-electron chi connectivity index (χ0n) is 11.0. The molecule has 0 atom stereocenters. The van der Waals surface area contributed by atoms with Crippen molar-refractivity contribution in [3.63, 3.8) is 0 Å². The van der Waals surface area contributed by atoms with E-state index in [2.05, 4.69) is 58.0 Å². The number of nitrogens with zero attached hydrogens (tertiary/aromatic N) is 2. The molecule has 0 radical (unpaired) electrons. The molecule has 0 aliphatic carbocycles. The van der Waals surface area contributed by atoms with E-state index in [9.17, 15) is 0 Å². The zero-order chi connectivity index (χ0) is 13.8. The van der Waals surface area contributed by atoms with Crippen molar-refractivity contribution in [2.24, 2.45) is 0 Å². The first kappa shape index (κ1) is 14.4. The van der Waals surface area contributed by atoms with Gasteiger partial charge in [-0.05, 0) is 58.6 Å². The fraction of sp³-hybridized carbons (Fsp3) is 0.267. The Morgan fingerprint density at radius 3 is 2.58 bits per heavy atom. The van der Waals surface area contributed by atoms with Crippen LogP contribution in [0.2, 0.25) is 5.02 Å². The highest BCUT2D eigenvalue weighted by molar-refractivity contribution is 9.10. The van der Waals surface area contributed by atoms with Gasteiger partial charge in [-0.15, -0.1) is 0 Å². The Bertz CT molecular complexity index is 555. The first-order chi connectivity index (χ1) is 9.06. The highest BCUT2D eigenvalue weighted by Gasteiger charge is 2.06. The van der Waals surface area contributed by atoms with Crippen molar-refractivity contribution in [3.05, 3.63) is 57.2 Å². The van der Waals surface area contributed by atoms with Gasteiger partial charge in [0.25, 0.3) is 0 Å². The summed E-state index contributed by atoms with van der Waals surface area (Å²) in [5.41, 5.74) is 2.46. The van der Waals surface area contributed by atoms with Crippen molar-refractivity contribution in [3.8, 4) is 0 Å². The Kier molecular flexibility index (Phi) is 4.83. The maximum absolute atomic E-state index is 5.88. The first-order valence-corrected chi connectivity index (χ1v) is 7.31. The minimum Gasteiger partial charge on any atom is -0.359 e. The predicted molar refractivity (Wildman–Crippen MR) is 85.1 cm³/mol. The first-order valence-electron chi connectivity index (χ1n) is 6.14. The Hall–Kier alpha value is -1.06. The predicted octanol–water partition coefficient (Wildman–Crippen LogP) is 4.48. The lowest BCUT2D eigenvalue weighted by Gasteiger charge is -2.20. The number of hydrogen-bond donors (Lipinski definition) is 0. The third kappa shape index (κ3) is 3.95. The van der Waals surface area contributed by atoms with Crippen molar-refractivity contribution >= 4 is 33.3 Å². The molecular formula is C15H16BrClN2. The van der Waals surface area contributed by atoms with E-state index in [0.29, 0.717) is 0 Å². The topological polar surface area (TPSA) is 16.1 Å². The molecule has 0 saturated carbocycles. The van der Waals surface area contributed by atoms with Crippen molar-refractivity contribution in [1.29, 1.82) is 0 Å². The standard InChI is InChI=1S/C15H16BrClN2/c1-11-9-13(16)10-18-15(11)19(2)8-7-12-3-5-14(17)6-4-12/h3-6,9-10H,7-8H2,1-2H3. The van der Waals surface area contributed by atoms with Gasteiger partial charge in [0.15, 0.2) is 0 Å².